The minimum absolute atomic E-state index is 0.149. The molecule has 0 bridgehead atoms. The predicted octanol–water partition coefficient (Wildman–Crippen LogP) is -0.0524. The van der Waals surface area contributed by atoms with Gasteiger partial charge in [-0.2, -0.15) is 4.31 Å². The summed E-state index contributed by atoms with van der Waals surface area (Å²) >= 11 is 0. The Morgan fingerprint density at radius 2 is 1.96 bits per heavy atom. The lowest BCUT2D eigenvalue weighted by molar-refractivity contribution is -0.116. The number of rotatable bonds is 7. The molecule has 10 heteroatoms. The third-order valence-corrected chi connectivity index (χ3v) is 5.46. The van der Waals surface area contributed by atoms with Crippen LogP contribution in [0.3, 0.4) is 0 Å². The summed E-state index contributed by atoms with van der Waals surface area (Å²) in [5.74, 6) is 0.762. The molecule has 0 saturated carbocycles. The monoisotopic (exact) mass is 385 g/mol. The summed E-state index contributed by atoms with van der Waals surface area (Å²) in [6.45, 7) is 3.55. The molecular formula is C16H23N3O6S. The summed E-state index contributed by atoms with van der Waals surface area (Å²) in [5.41, 5.74) is 0.529. The number of nitrogens with zero attached hydrogens (tertiary/aromatic N) is 2. The molecule has 1 amide bonds. The van der Waals surface area contributed by atoms with Crippen molar-refractivity contribution in [3.8, 4) is 11.5 Å². The van der Waals surface area contributed by atoms with Crippen LogP contribution in [0.1, 0.15) is 0 Å². The molecule has 0 spiro atoms. The van der Waals surface area contributed by atoms with Gasteiger partial charge in [0.15, 0.2) is 11.5 Å². The van der Waals surface area contributed by atoms with E-state index >= 15 is 0 Å². The quantitative estimate of drug-likeness (QED) is 0.703. The molecule has 3 rings (SSSR count). The first-order valence-electron chi connectivity index (χ1n) is 8.36. The Morgan fingerprint density at radius 1 is 1.23 bits per heavy atom. The highest BCUT2D eigenvalue weighted by atomic mass is 32.2. The first-order chi connectivity index (χ1) is 12.4. The van der Waals surface area contributed by atoms with Gasteiger partial charge >= 0.3 is 0 Å². The van der Waals surface area contributed by atoms with E-state index in [2.05, 4.69) is 10.2 Å². The third-order valence-electron chi connectivity index (χ3n) is 4.21. The molecule has 0 unspecified atom stereocenters. The number of hydrogen-bond donors (Lipinski definition) is 1. The van der Waals surface area contributed by atoms with Gasteiger partial charge in [-0.1, -0.05) is 0 Å². The van der Waals surface area contributed by atoms with Crippen LogP contribution >= 0.6 is 0 Å². The first kappa shape index (κ1) is 18.9. The van der Waals surface area contributed by atoms with Crippen molar-refractivity contribution in [2.24, 2.45) is 0 Å². The van der Waals surface area contributed by atoms with Gasteiger partial charge in [0.05, 0.1) is 26.0 Å². The maximum atomic E-state index is 12.3. The highest BCUT2D eigenvalue weighted by Crippen LogP contribution is 2.34. The van der Waals surface area contributed by atoms with Crippen molar-refractivity contribution in [1.29, 1.82) is 0 Å². The second-order valence-corrected chi connectivity index (χ2v) is 8.15. The number of fused-ring (bicyclic) bond motifs is 1. The van der Waals surface area contributed by atoms with E-state index < -0.39 is 15.9 Å². The van der Waals surface area contributed by atoms with Crippen LogP contribution in [-0.4, -0.2) is 82.5 Å². The Labute approximate surface area is 152 Å². The van der Waals surface area contributed by atoms with Crippen molar-refractivity contribution < 1.29 is 27.4 Å². The smallest absolute Gasteiger partial charge is 0.239 e. The van der Waals surface area contributed by atoms with Crippen LogP contribution in [0.4, 0.5) is 5.69 Å². The molecule has 1 N–H and O–H groups in total. The molecule has 1 fully saturated rings. The van der Waals surface area contributed by atoms with Gasteiger partial charge in [-0.05, 0) is 12.1 Å². The number of ether oxygens (including phenoxy) is 3. The standard InChI is InChI=1S/C16H23N3O6S/c1-26(21,22)19(5-4-18-6-8-23-9-7-18)11-16(20)17-13-2-3-14-15(10-13)25-12-24-14/h2-3,10H,4-9,11-12H2,1H3,(H,17,20). The topological polar surface area (TPSA) is 97.4 Å². The van der Waals surface area contributed by atoms with Gasteiger partial charge in [0.2, 0.25) is 22.7 Å². The van der Waals surface area contributed by atoms with Crippen LogP contribution < -0.4 is 14.8 Å². The SMILES string of the molecule is CS(=O)(=O)N(CCN1CCOCC1)CC(=O)Nc1ccc2c(c1)OCO2. The van der Waals surface area contributed by atoms with Crippen LogP contribution in [0.25, 0.3) is 0 Å². The zero-order chi connectivity index (χ0) is 18.6. The summed E-state index contributed by atoms with van der Waals surface area (Å²) < 4.78 is 41.0. The zero-order valence-electron chi connectivity index (χ0n) is 14.6. The number of nitrogens with one attached hydrogen (secondary N) is 1. The number of amides is 1. The van der Waals surface area contributed by atoms with Crippen molar-refractivity contribution in [2.45, 2.75) is 0 Å². The van der Waals surface area contributed by atoms with Crippen LogP contribution in [-0.2, 0) is 19.6 Å². The fourth-order valence-electron chi connectivity index (χ4n) is 2.77. The molecule has 2 aliphatic rings. The molecule has 0 atom stereocenters. The van der Waals surface area contributed by atoms with Crippen LogP contribution in [0.5, 0.6) is 11.5 Å². The molecule has 1 saturated heterocycles. The van der Waals surface area contributed by atoms with Gasteiger partial charge in [0, 0.05) is 37.9 Å². The molecule has 1 aromatic carbocycles. The molecule has 144 valence electrons. The van der Waals surface area contributed by atoms with E-state index in [0.29, 0.717) is 36.9 Å². The van der Waals surface area contributed by atoms with Crippen LogP contribution in [0.15, 0.2) is 18.2 Å². The average molecular weight is 385 g/mol. The molecule has 1 aromatic rings. The fourth-order valence-corrected chi connectivity index (χ4v) is 3.54. The maximum Gasteiger partial charge on any atom is 0.239 e. The number of sulfonamides is 1. The maximum absolute atomic E-state index is 12.3. The Bertz CT molecular complexity index is 748. The second-order valence-electron chi connectivity index (χ2n) is 6.17. The van der Waals surface area contributed by atoms with Crippen molar-refractivity contribution in [2.75, 3.05) is 64.3 Å². The highest BCUT2D eigenvalue weighted by molar-refractivity contribution is 7.88. The Kier molecular flexibility index (Phi) is 5.97. The largest absolute Gasteiger partial charge is 0.454 e. The first-order valence-corrected chi connectivity index (χ1v) is 10.2. The number of morpholine rings is 1. The molecule has 9 nitrogen and oxygen atoms in total. The zero-order valence-corrected chi connectivity index (χ0v) is 15.5. The van der Waals surface area contributed by atoms with Crippen LogP contribution in [0, 0.1) is 0 Å². The minimum atomic E-state index is -3.49. The summed E-state index contributed by atoms with van der Waals surface area (Å²) in [7, 11) is -3.49. The van der Waals surface area contributed by atoms with Crippen molar-refractivity contribution in [1.82, 2.24) is 9.21 Å². The number of benzene rings is 1. The summed E-state index contributed by atoms with van der Waals surface area (Å²) in [6.07, 6.45) is 1.11. The van der Waals surface area contributed by atoms with Gasteiger partial charge in [0.1, 0.15) is 0 Å². The minimum Gasteiger partial charge on any atom is -0.454 e. The van der Waals surface area contributed by atoms with Gasteiger partial charge in [-0.3, -0.25) is 9.69 Å². The molecule has 26 heavy (non-hydrogen) atoms. The highest BCUT2D eigenvalue weighted by Gasteiger charge is 2.22. The lowest BCUT2D eigenvalue weighted by Crippen LogP contribution is -2.45. The van der Waals surface area contributed by atoms with E-state index in [9.17, 15) is 13.2 Å². The van der Waals surface area contributed by atoms with E-state index in [1.807, 2.05) is 0 Å². The molecule has 2 aliphatic heterocycles. The molecule has 0 aliphatic carbocycles. The van der Waals surface area contributed by atoms with E-state index in [1.165, 1.54) is 4.31 Å². The Balaban J connectivity index is 1.56. The third kappa shape index (κ3) is 5.07. The molecule has 2 heterocycles. The van der Waals surface area contributed by atoms with Gasteiger partial charge in [-0.25, -0.2) is 8.42 Å². The predicted molar refractivity (Wildman–Crippen MR) is 94.9 cm³/mol. The number of hydrogen-bond acceptors (Lipinski definition) is 7. The van der Waals surface area contributed by atoms with Gasteiger partial charge in [-0.15, -0.1) is 0 Å². The number of carbonyl (C=O) groups excluding carboxylic acids is 1. The van der Waals surface area contributed by atoms with E-state index in [-0.39, 0.29) is 19.9 Å². The Morgan fingerprint density at radius 3 is 2.69 bits per heavy atom. The summed E-state index contributed by atoms with van der Waals surface area (Å²) in [6, 6.07) is 5.04. The summed E-state index contributed by atoms with van der Waals surface area (Å²) in [5, 5.41) is 2.70. The lowest BCUT2D eigenvalue weighted by atomic mass is 10.3. The van der Waals surface area contributed by atoms with E-state index in [4.69, 9.17) is 14.2 Å². The molecular weight excluding hydrogens is 362 g/mol. The Hall–Kier alpha value is -1.88. The van der Waals surface area contributed by atoms with Crippen molar-refractivity contribution in [3.63, 3.8) is 0 Å². The van der Waals surface area contributed by atoms with Gasteiger partial charge in [0.25, 0.3) is 0 Å². The van der Waals surface area contributed by atoms with E-state index in [0.717, 1.165) is 19.3 Å². The van der Waals surface area contributed by atoms with E-state index in [1.54, 1.807) is 18.2 Å². The van der Waals surface area contributed by atoms with Crippen LogP contribution in [0.2, 0.25) is 0 Å². The molecule has 0 radical (unpaired) electrons. The lowest BCUT2D eigenvalue weighted by Gasteiger charge is -2.29. The summed E-state index contributed by atoms with van der Waals surface area (Å²) in [4.78, 5) is 14.4. The van der Waals surface area contributed by atoms with Gasteiger partial charge < -0.3 is 19.5 Å². The normalized spacial score (nSPS) is 17.5. The average Bonchev–Trinajstić information content (AvgIpc) is 3.06. The second kappa shape index (κ2) is 8.21. The number of anilines is 1. The number of carbonyl (C=O) groups is 1. The van der Waals surface area contributed by atoms with Crippen molar-refractivity contribution >= 4 is 21.6 Å². The molecule has 0 aromatic heterocycles. The van der Waals surface area contributed by atoms with Crippen molar-refractivity contribution in [3.05, 3.63) is 18.2 Å². The fraction of sp³-hybridized carbons (Fsp3) is 0.562.